The lowest BCUT2D eigenvalue weighted by molar-refractivity contribution is 0.477. The van der Waals surface area contributed by atoms with Crippen LogP contribution in [0.25, 0.3) is 0 Å². The highest BCUT2D eigenvalue weighted by atomic mass is 32.2. The molecule has 0 saturated carbocycles. The van der Waals surface area contributed by atoms with Crippen molar-refractivity contribution in [3.05, 3.63) is 42.5 Å². The first-order chi connectivity index (χ1) is 8.99. The van der Waals surface area contributed by atoms with Crippen molar-refractivity contribution < 1.29 is 13.5 Å². The van der Waals surface area contributed by atoms with Crippen LogP contribution in [0.3, 0.4) is 0 Å². The Bertz CT molecular complexity index is 674. The van der Waals surface area contributed by atoms with Crippen LogP contribution in [0.1, 0.15) is 5.69 Å². The summed E-state index contributed by atoms with van der Waals surface area (Å²) in [6, 6.07) is 5.30. The molecule has 0 aliphatic rings. The maximum Gasteiger partial charge on any atom is 0.241 e. The number of nitrogens with zero attached hydrogens (tertiary/aromatic N) is 2. The van der Waals surface area contributed by atoms with E-state index in [4.69, 9.17) is 5.73 Å². The third-order valence-electron chi connectivity index (χ3n) is 2.40. The van der Waals surface area contributed by atoms with Crippen molar-refractivity contribution in [1.82, 2.24) is 14.7 Å². The number of aromatic hydroxyl groups is 1. The quantitative estimate of drug-likeness (QED) is 0.545. The third kappa shape index (κ3) is 3.18. The number of hydrogen-bond donors (Lipinski definition) is 3. The first-order valence-corrected chi connectivity index (χ1v) is 6.80. The molecule has 8 heteroatoms. The topological polar surface area (TPSA) is 118 Å². The molecule has 1 heterocycles. The van der Waals surface area contributed by atoms with Crippen LogP contribution in [0, 0.1) is 0 Å². The van der Waals surface area contributed by atoms with Crippen molar-refractivity contribution in [2.75, 3.05) is 5.73 Å². The number of nitrogens with one attached hydrogen (secondary N) is 1. The van der Waals surface area contributed by atoms with Crippen LogP contribution in [0.5, 0.6) is 5.75 Å². The number of anilines is 1. The first-order valence-electron chi connectivity index (χ1n) is 5.32. The van der Waals surface area contributed by atoms with Gasteiger partial charge in [-0.2, -0.15) is 0 Å². The Morgan fingerprint density at radius 2 is 2.11 bits per heavy atom. The zero-order valence-electron chi connectivity index (χ0n) is 9.81. The van der Waals surface area contributed by atoms with Crippen LogP contribution in [0.15, 0.2) is 41.7 Å². The minimum Gasteiger partial charge on any atom is -0.506 e. The van der Waals surface area contributed by atoms with Crippen LogP contribution in [0.2, 0.25) is 0 Å². The third-order valence-corrected chi connectivity index (χ3v) is 3.79. The van der Waals surface area contributed by atoms with Crippen molar-refractivity contribution >= 4 is 15.7 Å². The average Bonchev–Trinajstić information content (AvgIpc) is 2.41. The van der Waals surface area contributed by atoms with E-state index in [1.807, 2.05) is 0 Å². The predicted octanol–water partition coefficient (Wildman–Crippen LogP) is 0.243. The summed E-state index contributed by atoms with van der Waals surface area (Å²) in [7, 11) is -3.70. The Labute approximate surface area is 110 Å². The zero-order chi connectivity index (χ0) is 13.9. The summed E-state index contributed by atoms with van der Waals surface area (Å²) < 4.78 is 26.3. The van der Waals surface area contributed by atoms with Gasteiger partial charge in [0.2, 0.25) is 10.0 Å². The van der Waals surface area contributed by atoms with Crippen LogP contribution < -0.4 is 10.5 Å². The monoisotopic (exact) mass is 280 g/mol. The van der Waals surface area contributed by atoms with Gasteiger partial charge in [0.25, 0.3) is 0 Å². The fourth-order valence-corrected chi connectivity index (χ4v) is 2.41. The fourth-order valence-electron chi connectivity index (χ4n) is 1.37. The molecule has 100 valence electrons. The van der Waals surface area contributed by atoms with Gasteiger partial charge in [0.1, 0.15) is 12.1 Å². The highest BCUT2D eigenvalue weighted by Gasteiger charge is 2.15. The molecule has 0 bridgehead atoms. The Morgan fingerprint density at radius 3 is 2.74 bits per heavy atom. The summed E-state index contributed by atoms with van der Waals surface area (Å²) >= 11 is 0. The van der Waals surface area contributed by atoms with Crippen LogP contribution in [-0.2, 0) is 16.6 Å². The molecule has 0 saturated heterocycles. The molecule has 4 N–H and O–H groups in total. The van der Waals surface area contributed by atoms with Crippen molar-refractivity contribution in [3.63, 3.8) is 0 Å². The molecule has 0 radical (unpaired) electrons. The van der Waals surface area contributed by atoms with Gasteiger partial charge in [0, 0.05) is 6.20 Å². The largest absolute Gasteiger partial charge is 0.506 e. The first kappa shape index (κ1) is 13.2. The van der Waals surface area contributed by atoms with Crippen LogP contribution in [-0.4, -0.2) is 23.5 Å². The molecule has 7 nitrogen and oxygen atoms in total. The van der Waals surface area contributed by atoms with E-state index < -0.39 is 10.0 Å². The molecular weight excluding hydrogens is 268 g/mol. The van der Waals surface area contributed by atoms with E-state index in [1.54, 1.807) is 6.07 Å². The van der Waals surface area contributed by atoms with Crippen molar-refractivity contribution in [2.24, 2.45) is 0 Å². The molecule has 0 aliphatic heterocycles. The smallest absolute Gasteiger partial charge is 0.241 e. The van der Waals surface area contributed by atoms with E-state index in [0.717, 1.165) is 0 Å². The molecule has 0 fully saturated rings. The number of aromatic nitrogens is 2. The van der Waals surface area contributed by atoms with Gasteiger partial charge in [-0.3, -0.25) is 0 Å². The van der Waals surface area contributed by atoms with Crippen LogP contribution >= 0.6 is 0 Å². The Morgan fingerprint density at radius 1 is 1.32 bits per heavy atom. The van der Waals surface area contributed by atoms with Crippen molar-refractivity contribution in [2.45, 2.75) is 11.4 Å². The molecule has 0 spiro atoms. The number of nitrogen functional groups attached to an aromatic ring is 1. The summed E-state index contributed by atoms with van der Waals surface area (Å²) in [5, 5.41) is 9.26. The predicted molar refractivity (Wildman–Crippen MR) is 68.6 cm³/mol. The minimum absolute atomic E-state index is 0.00455. The molecular formula is C11H12N4O3S. The van der Waals surface area contributed by atoms with Crippen molar-refractivity contribution in [3.8, 4) is 5.75 Å². The van der Waals surface area contributed by atoms with Crippen molar-refractivity contribution in [1.29, 1.82) is 0 Å². The second-order valence-corrected chi connectivity index (χ2v) is 5.51. The second kappa shape index (κ2) is 5.21. The number of phenolic OH excluding ortho intramolecular Hbond substituents is 1. The Kier molecular flexibility index (Phi) is 3.63. The standard InChI is InChI=1S/C11H12N4O3S/c12-10-5-9(1-2-11(10)16)19(17,18)15-6-8-3-4-13-7-14-8/h1-5,7,15-16H,6,12H2. The summed E-state index contributed by atoms with van der Waals surface area (Å²) in [4.78, 5) is 7.62. The van der Waals surface area contributed by atoms with Gasteiger partial charge in [0.15, 0.2) is 0 Å². The van der Waals surface area contributed by atoms with Crippen LogP contribution in [0.4, 0.5) is 5.69 Å². The van der Waals surface area contributed by atoms with Gasteiger partial charge < -0.3 is 10.8 Å². The fraction of sp³-hybridized carbons (Fsp3) is 0.0909. The second-order valence-electron chi connectivity index (χ2n) is 3.75. The zero-order valence-corrected chi connectivity index (χ0v) is 10.6. The SMILES string of the molecule is Nc1cc(S(=O)(=O)NCc2ccncn2)ccc1O. The molecule has 1 aromatic carbocycles. The molecule has 0 amide bonds. The molecule has 2 aromatic rings. The maximum atomic E-state index is 12.0. The minimum atomic E-state index is -3.70. The van der Waals surface area contributed by atoms with Gasteiger partial charge in [-0.15, -0.1) is 0 Å². The molecule has 2 rings (SSSR count). The lowest BCUT2D eigenvalue weighted by atomic mass is 10.3. The summed E-state index contributed by atoms with van der Waals surface area (Å²) in [6.07, 6.45) is 2.86. The summed E-state index contributed by atoms with van der Waals surface area (Å²) in [5.74, 6) is -0.158. The lowest BCUT2D eigenvalue weighted by Gasteiger charge is -2.07. The normalized spacial score (nSPS) is 11.4. The number of benzene rings is 1. The highest BCUT2D eigenvalue weighted by Crippen LogP contribution is 2.22. The molecule has 1 aromatic heterocycles. The average molecular weight is 280 g/mol. The molecule has 0 aliphatic carbocycles. The number of phenols is 1. The van der Waals surface area contributed by atoms with Gasteiger partial charge in [-0.05, 0) is 24.3 Å². The number of nitrogens with two attached hydrogens (primary N) is 1. The number of hydrogen-bond acceptors (Lipinski definition) is 6. The molecule has 0 atom stereocenters. The molecule has 0 unspecified atom stereocenters. The lowest BCUT2D eigenvalue weighted by Crippen LogP contribution is -2.23. The van der Waals surface area contributed by atoms with E-state index in [-0.39, 0.29) is 22.9 Å². The maximum absolute atomic E-state index is 12.0. The summed E-state index contributed by atoms with van der Waals surface area (Å²) in [5.41, 5.74) is 6.01. The highest BCUT2D eigenvalue weighted by molar-refractivity contribution is 7.89. The number of sulfonamides is 1. The van der Waals surface area contributed by atoms with E-state index in [9.17, 15) is 13.5 Å². The molecule has 19 heavy (non-hydrogen) atoms. The van der Waals surface area contributed by atoms with Gasteiger partial charge in [0.05, 0.1) is 22.8 Å². The number of rotatable bonds is 4. The summed E-state index contributed by atoms with van der Waals surface area (Å²) in [6.45, 7) is 0.0473. The van der Waals surface area contributed by atoms with Gasteiger partial charge >= 0.3 is 0 Å². The van der Waals surface area contributed by atoms with E-state index >= 15 is 0 Å². The van der Waals surface area contributed by atoms with E-state index in [0.29, 0.717) is 5.69 Å². The van der Waals surface area contributed by atoms with Gasteiger partial charge in [-0.25, -0.2) is 23.1 Å². The van der Waals surface area contributed by atoms with E-state index in [2.05, 4.69) is 14.7 Å². The van der Waals surface area contributed by atoms with E-state index in [1.165, 1.54) is 30.7 Å². The Hall–Kier alpha value is -2.19. The van der Waals surface area contributed by atoms with Gasteiger partial charge in [-0.1, -0.05) is 0 Å². The Balaban J connectivity index is 2.16.